The summed E-state index contributed by atoms with van der Waals surface area (Å²) in [5, 5.41) is 4.11. The third-order valence-corrected chi connectivity index (χ3v) is 6.12. The maximum absolute atomic E-state index is 12.1. The zero-order valence-corrected chi connectivity index (χ0v) is 20.7. The molecule has 0 unspecified atom stereocenters. The maximum atomic E-state index is 12.1. The van der Waals surface area contributed by atoms with Gasteiger partial charge in [0.2, 0.25) is 0 Å². The molecule has 0 saturated carbocycles. The van der Waals surface area contributed by atoms with Gasteiger partial charge in [0.05, 0.1) is 22.4 Å². The molecule has 1 amide bonds. The fraction of sp³-hybridized carbons (Fsp3) is 0.333. The molecule has 1 heterocycles. The highest BCUT2D eigenvalue weighted by atomic mass is 127. The lowest BCUT2D eigenvalue weighted by Crippen LogP contribution is -2.44. The molecule has 1 aliphatic heterocycles. The first-order chi connectivity index (χ1) is 14.8. The monoisotopic (exact) mass is 533 g/mol. The van der Waals surface area contributed by atoms with Crippen LogP contribution in [-0.2, 0) is 4.79 Å². The van der Waals surface area contributed by atoms with Crippen LogP contribution < -0.4 is 19.8 Å². The lowest BCUT2D eigenvalue weighted by molar-refractivity contribution is -0.123. The molecule has 0 bridgehead atoms. The number of para-hydroxylation sites is 1. The van der Waals surface area contributed by atoms with Crippen molar-refractivity contribution in [3.05, 3.63) is 57.2 Å². The third kappa shape index (κ3) is 5.20. The molecule has 0 radical (unpaired) electrons. The number of hydrogen-bond acceptors (Lipinski definition) is 5. The normalized spacial score (nSPS) is 14.8. The van der Waals surface area contributed by atoms with Gasteiger partial charge in [-0.1, -0.05) is 18.2 Å². The summed E-state index contributed by atoms with van der Waals surface area (Å²) in [5.41, 5.74) is 6.72. The lowest BCUT2D eigenvalue weighted by atomic mass is 9.88. The molecule has 0 spiro atoms. The number of benzene rings is 2. The molecule has 0 fully saturated rings. The molecule has 0 atom stereocenters. The second kappa shape index (κ2) is 9.72. The zero-order valence-electron chi connectivity index (χ0n) is 18.5. The molecule has 31 heavy (non-hydrogen) atoms. The van der Waals surface area contributed by atoms with Crippen molar-refractivity contribution in [2.75, 3.05) is 25.2 Å². The minimum Gasteiger partial charge on any atom is -0.496 e. The van der Waals surface area contributed by atoms with E-state index >= 15 is 0 Å². The number of hydrogen-bond donors (Lipinski definition) is 1. The van der Waals surface area contributed by atoms with Crippen LogP contribution in [-0.4, -0.2) is 37.9 Å². The summed E-state index contributed by atoms with van der Waals surface area (Å²) in [6.45, 7) is 9.45. The summed E-state index contributed by atoms with van der Waals surface area (Å²) in [6, 6.07) is 11.6. The molecule has 0 saturated heterocycles. The molecule has 0 aromatic heterocycles. The number of nitrogens with zero attached hydrogens (tertiary/aromatic N) is 2. The molecule has 7 heteroatoms. The molecule has 2 aromatic carbocycles. The third-order valence-electron chi connectivity index (χ3n) is 5.23. The van der Waals surface area contributed by atoms with Crippen LogP contribution in [0.25, 0.3) is 5.57 Å². The van der Waals surface area contributed by atoms with Gasteiger partial charge >= 0.3 is 0 Å². The number of carbonyl (C=O) groups is 1. The first kappa shape index (κ1) is 23.1. The Morgan fingerprint density at radius 3 is 2.68 bits per heavy atom. The number of ether oxygens (including phenoxy) is 2. The van der Waals surface area contributed by atoms with Gasteiger partial charge < -0.3 is 14.4 Å². The topological polar surface area (TPSA) is 63.2 Å². The summed E-state index contributed by atoms with van der Waals surface area (Å²) in [7, 11) is 1.64. The number of likely N-dealkylation sites (N-methyl/N-ethyl adjacent to an activating group) is 1. The second-order valence-electron chi connectivity index (χ2n) is 7.85. The minimum absolute atomic E-state index is 0.0724. The number of hydrazone groups is 1. The number of allylic oxidation sites excluding steroid dienone is 1. The highest BCUT2D eigenvalue weighted by Crippen LogP contribution is 2.41. The summed E-state index contributed by atoms with van der Waals surface area (Å²) >= 11 is 2.17. The Labute approximate surface area is 197 Å². The number of fused-ring (bicyclic) bond motifs is 1. The number of carbonyl (C=O) groups excluding carboxylic acids is 1. The Morgan fingerprint density at radius 2 is 2.00 bits per heavy atom. The van der Waals surface area contributed by atoms with Gasteiger partial charge in [-0.05, 0) is 74.1 Å². The van der Waals surface area contributed by atoms with E-state index in [1.54, 1.807) is 13.3 Å². The Hall–Kier alpha value is -2.55. The van der Waals surface area contributed by atoms with E-state index < -0.39 is 0 Å². The first-order valence-corrected chi connectivity index (χ1v) is 11.2. The van der Waals surface area contributed by atoms with Crippen molar-refractivity contribution in [1.29, 1.82) is 0 Å². The zero-order chi connectivity index (χ0) is 22.6. The van der Waals surface area contributed by atoms with Crippen molar-refractivity contribution in [3.8, 4) is 11.5 Å². The highest BCUT2D eigenvalue weighted by molar-refractivity contribution is 14.1. The van der Waals surface area contributed by atoms with Crippen LogP contribution in [0.3, 0.4) is 0 Å². The molecule has 2 aromatic rings. The van der Waals surface area contributed by atoms with E-state index in [1.807, 2.05) is 30.3 Å². The van der Waals surface area contributed by atoms with E-state index in [4.69, 9.17) is 9.47 Å². The number of nitrogens with one attached hydrogen (secondary N) is 1. The number of halogens is 1. The average Bonchev–Trinajstić information content (AvgIpc) is 2.72. The number of anilines is 1. The van der Waals surface area contributed by atoms with Gasteiger partial charge in [0.1, 0.15) is 11.5 Å². The fourth-order valence-corrected chi connectivity index (χ4v) is 4.43. The summed E-state index contributed by atoms with van der Waals surface area (Å²) in [6.07, 6.45) is 3.88. The predicted molar refractivity (Wildman–Crippen MR) is 134 cm³/mol. The molecule has 0 aliphatic carbocycles. The van der Waals surface area contributed by atoms with Crippen molar-refractivity contribution >= 4 is 46.0 Å². The van der Waals surface area contributed by atoms with E-state index in [9.17, 15) is 4.79 Å². The molecule has 6 nitrogen and oxygen atoms in total. The van der Waals surface area contributed by atoms with Gasteiger partial charge in [0.25, 0.3) is 5.91 Å². The van der Waals surface area contributed by atoms with Gasteiger partial charge in [-0.25, -0.2) is 5.43 Å². The Bertz CT molecular complexity index is 1030. The molecule has 164 valence electrons. The summed E-state index contributed by atoms with van der Waals surface area (Å²) < 4.78 is 12.1. The largest absolute Gasteiger partial charge is 0.496 e. The van der Waals surface area contributed by atoms with E-state index in [2.05, 4.69) is 77.9 Å². The SMILES string of the molecule is CCN1c2cc(OC)c(/C=N/NC(=O)COc3ccccc3I)cc2C(C)=CC1(C)C. The van der Waals surface area contributed by atoms with Crippen LogP contribution in [0.4, 0.5) is 5.69 Å². The second-order valence-corrected chi connectivity index (χ2v) is 9.01. The van der Waals surface area contributed by atoms with Crippen LogP contribution in [0.2, 0.25) is 0 Å². The quantitative estimate of drug-likeness (QED) is 0.314. The number of rotatable bonds is 7. The smallest absolute Gasteiger partial charge is 0.277 e. The van der Waals surface area contributed by atoms with Crippen molar-refractivity contribution in [2.45, 2.75) is 33.2 Å². The first-order valence-electron chi connectivity index (χ1n) is 10.2. The van der Waals surface area contributed by atoms with Crippen molar-refractivity contribution in [1.82, 2.24) is 5.43 Å². The number of methoxy groups -OCH3 is 1. The molecule has 3 rings (SSSR count). The average molecular weight is 533 g/mol. The fourth-order valence-electron chi connectivity index (χ4n) is 3.89. The van der Waals surface area contributed by atoms with E-state index in [1.165, 1.54) is 5.57 Å². The van der Waals surface area contributed by atoms with Crippen LogP contribution in [0.15, 0.2) is 47.6 Å². The summed E-state index contributed by atoms with van der Waals surface area (Å²) in [4.78, 5) is 14.5. The minimum atomic E-state index is -0.331. The van der Waals surface area contributed by atoms with Gasteiger partial charge in [0, 0.05) is 29.4 Å². The van der Waals surface area contributed by atoms with Crippen molar-refractivity contribution in [3.63, 3.8) is 0 Å². The van der Waals surface area contributed by atoms with Gasteiger partial charge in [-0.15, -0.1) is 0 Å². The van der Waals surface area contributed by atoms with Gasteiger partial charge in [0.15, 0.2) is 6.61 Å². The van der Waals surface area contributed by atoms with E-state index in [0.29, 0.717) is 11.5 Å². The van der Waals surface area contributed by atoms with Crippen LogP contribution >= 0.6 is 22.6 Å². The van der Waals surface area contributed by atoms with Crippen LogP contribution in [0, 0.1) is 3.57 Å². The Balaban J connectivity index is 1.74. The Kier molecular flexibility index (Phi) is 7.25. The van der Waals surface area contributed by atoms with Crippen molar-refractivity contribution < 1.29 is 14.3 Å². The maximum Gasteiger partial charge on any atom is 0.277 e. The Morgan fingerprint density at radius 1 is 1.26 bits per heavy atom. The van der Waals surface area contributed by atoms with Gasteiger partial charge in [-0.3, -0.25) is 4.79 Å². The molecular weight excluding hydrogens is 505 g/mol. The van der Waals surface area contributed by atoms with Crippen LogP contribution in [0.5, 0.6) is 11.5 Å². The van der Waals surface area contributed by atoms with Gasteiger partial charge in [-0.2, -0.15) is 5.10 Å². The molecular formula is C24H28IN3O3. The van der Waals surface area contributed by atoms with E-state index in [0.717, 1.165) is 26.9 Å². The lowest BCUT2D eigenvalue weighted by Gasteiger charge is -2.43. The highest BCUT2D eigenvalue weighted by Gasteiger charge is 2.31. The standard InChI is InChI=1S/C24H28IN3O3/c1-6-28-20-12-22(30-5)17(11-18(20)16(2)13-24(28,3)4)14-26-27-23(29)15-31-21-10-8-7-9-19(21)25/h7-14H,6,15H2,1-5H3,(H,27,29)/b26-14+. The summed E-state index contributed by atoms with van der Waals surface area (Å²) in [5.74, 6) is 1.04. The van der Waals surface area contributed by atoms with E-state index in [-0.39, 0.29) is 18.1 Å². The molecule has 1 aliphatic rings. The predicted octanol–water partition coefficient (Wildman–Crippen LogP) is 4.85. The molecule has 1 N–H and O–H groups in total. The van der Waals surface area contributed by atoms with Crippen molar-refractivity contribution in [2.24, 2.45) is 5.10 Å². The van der Waals surface area contributed by atoms with Crippen LogP contribution in [0.1, 0.15) is 38.8 Å². The number of amides is 1.